The van der Waals surface area contributed by atoms with Crippen LogP contribution in [0.4, 0.5) is 13.2 Å². The molecule has 0 N–H and O–H groups in total. The van der Waals surface area contributed by atoms with E-state index in [2.05, 4.69) is 4.98 Å². The Morgan fingerprint density at radius 1 is 1.29 bits per heavy atom. The summed E-state index contributed by atoms with van der Waals surface area (Å²) in [5.41, 5.74) is -0.538. The molecule has 3 nitrogen and oxygen atoms in total. The Labute approximate surface area is 123 Å². The lowest BCUT2D eigenvalue weighted by atomic mass is 9.64. The van der Waals surface area contributed by atoms with Crippen LogP contribution in [-0.4, -0.2) is 22.8 Å². The van der Waals surface area contributed by atoms with E-state index in [-0.39, 0.29) is 17.4 Å². The van der Waals surface area contributed by atoms with Crippen molar-refractivity contribution in [3.63, 3.8) is 0 Å². The molecule has 0 unspecified atom stereocenters. The molecule has 21 heavy (non-hydrogen) atoms. The highest BCUT2D eigenvalue weighted by molar-refractivity contribution is 5.14. The van der Waals surface area contributed by atoms with Gasteiger partial charge in [0.05, 0.1) is 13.2 Å². The molecule has 0 atom stereocenters. The summed E-state index contributed by atoms with van der Waals surface area (Å²) in [5.74, 6) is 0.526. The van der Waals surface area contributed by atoms with Crippen molar-refractivity contribution in [2.45, 2.75) is 58.7 Å². The first-order valence-electron chi connectivity index (χ1n) is 7.54. The van der Waals surface area contributed by atoms with Gasteiger partial charge in [-0.3, -0.25) is 0 Å². The minimum atomic E-state index is -4.37. The van der Waals surface area contributed by atoms with Gasteiger partial charge in [0.2, 0.25) is 0 Å². The summed E-state index contributed by atoms with van der Waals surface area (Å²) in [6.07, 6.45) is -1.39. The molecule has 1 aliphatic carbocycles. The van der Waals surface area contributed by atoms with Crippen LogP contribution in [0, 0.1) is 5.41 Å². The summed E-state index contributed by atoms with van der Waals surface area (Å²) in [6.45, 7) is 9.25. The molecule has 6 heteroatoms. The van der Waals surface area contributed by atoms with Gasteiger partial charge < -0.3 is 9.30 Å². The summed E-state index contributed by atoms with van der Waals surface area (Å²) in [6, 6.07) is 0.143. The third-order valence-electron chi connectivity index (χ3n) is 4.11. The van der Waals surface area contributed by atoms with E-state index in [0.29, 0.717) is 5.82 Å². The molecule has 1 aromatic heterocycles. The number of hydrogen-bond acceptors (Lipinski definition) is 2. The SMILES string of the molecule is CC.CC(C)c1nc(C(F)(F)F)cn1C1CC2(COC2)C1. The van der Waals surface area contributed by atoms with E-state index in [1.807, 2.05) is 27.7 Å². The summed E-state index contributed by atoms with van der Waals surface area (Å²) < 4.78 is 45.2. The molecule has 1 saturated heterocycles. The third kappa shape index (κ3) is 2.96. The van der Waals surface area contributed by atoms with E-state index >= 15 is 0 Å². The first kappa shape index (κ1) is 16.3. The maximum absolute atomic E-state index is 12.8. The monoisotopic (exact) mass is 304 g/mol. The molecule has 1 spiro atoms. The van der Waals surface area contributed by atoms with Crippen LogP contribution in [0.5, 0.6) is 0 Å². The van der Waals surface area contributed by atoms with Gasteiger partial charge in [-0.05, 0) is 12.8 Å². The third-order valence-corrected chi connectivity index (χ3v) is 4.11. The quantitative estimate of drug-likeness (QED) is 0.809. The van der Waals surface area contributed by atoms with Gasteiger partial charge in [-0.1, -0.05) is 27.7 Å². The van der Waals surface area contributed by atoms with Gasteiger partial charge >= 0.3 is 6.18 Å². The van der Waals surface area contributed by atoms with E-state index in [9.17, 15) is 13.2 Å². The average Bonchev–Trinajstić information content (AvgIpc) is 2.72. The number of hydrogen-bond donors (Lipinski definition) is 0. The second-order valence-electron chi connectivity index (χ2n) is 6.10. The topological polar surface area (TPSA) is 27.1 Å². The molecule has 0 amide bonds. The molecule has 0 radical (unpaired) electrons. The zero-order valence-electron chi connectivity index (χ0n) is 13.0. The van der Waals surface area contributed by atoms with Gasteiger partial charge in [0.25, 0.3) is 0 Å². The summed E-state index contributed by atoms with van der Waals surface area (Å²) in [5, 5.41) is 0. The lowest BCUT2D eigenvalue weighted by Crippen LogP contribution is -2.52. The minimum absolute atomic E-state index is 0.00899. The Morgan fingerprint density at radius 3 is 2.24 bits per heavy atom. The fourth-order valence-electron chi connectivity index (χ4n) is 3.03. The second kappa shape index (κ2) is 5.63. The summed E-state index contributed by atoms with van der Waals surface area (Å²) >= 11 is 0. The van der Waals surface area contributed by atoms with Crippen LogP contribution in [0.25, 0.3) is 0 Å². The second-order valence-corrected chi connectivity index (χ2v) is 6.10. The zero-order chi connectivity index (χ0) is 15.8. The number of halogens is 3. The van der Waals surface area contributed by atoms with Crippen molar-refractivity contribution in [1.82, 2.24) is 9.55 Å². The number of imidazole rings is 1. The number of ether oxygens (including phenoxy) is 1. The molecule has 0 aromatic carbocycles. The lowest BCUT2D eigenvalue weighted by molar-refractivity contribution is -0.175. The molecular formula is C15H23F3N2O. The molecule has 3 rings (SSSR count). The smallest absolute Gasteiger partial charge is 0.380 e. The Balaban J connectivity index is 0.000000774. The van der Waals surface area contributed by atoms with Crippen LogP contribution in [0.1, 0.15) is 64.0 Å². The van der Waals surface area contributed by atoms with Crippen LogP contribution >= 0.6 is 0 Å². The van der Waals surface area contributed by atoms with E-state index in [4.69, 9.17) is 4.74 Å². The van der Waals surface area contributed by atoms with E-state index < -0.39 is 11.9 Å². The van der Waals surface area contributed by atoms with E-state index in [1.165, 1.54) is 6.20 Å². The molecule has 1 aliphatic heterocycles. The Kier molecular flexibility index (Phi) is 4.38. The summed E-state index contributed by atoms with van der Waals surface area (Å²) in [4.78, 5) is 3.78. The predicted octanol–water partition coefficient (Wildman–Crippen LogP) is 4.40. The number of aromatic nitrogens is 2. The van der Waals surface area contributed by atoms with Gasteiger partial charge in [0.1, 0.15) is 5.82 Å². The predicted molar refractivity (Wildman–Crippen MR) is 74.2 cm³/mol. The fourth-order valence-corrected chi connectivity index (χ4v) is 3.03. The Bertz CT molecular complexity index is 482. The zero-order valence-corrected chi connectivity index (χ0v) is 13.0. The standard InChI is InChI=1S/C13H17F3N2O.C2H6/c1-8(2)11-17-10(13(14,15)16)5-18(11)9-3-12(4-9)6-19-7-12;1-2/h5,8-9H,3-4,6-7H2,1-2H3;1-2H3. The van der Waals surface area contributed by atoms with E-state index in [1.54, 1.807) is 4.57 Å². The number of alkyl halides is 3. The fraction of sp³-hybridized carbons (Fsp3) is 0.800. The van der Waals surface area contributed by atoms with Gasteiger partial charge in [0, 0.05) is 23.6 Å². The lowest BCUT2D eigenvalue weighted by Gasteiger charge is -2.53. The molecule has 0 bridgehead atoms. The molecule has 2 fully saturated rings. The summed E-state index contributed by atoms with van der Waals surface area (Å²) in [7, 11) is 0. The Hall–Kier alpha value is -1.04. The number of nitrogens with zero attached hydrogens (tertiary/aromatic N) is 2. The molecule has 2 aliphatic rings. The van der Waals surface area contributed by atoms with Gasteiger partial charge in [-0.2, -0.15) is 13.2 Å². The molecule has 1 aromatic rings. The maximum Gasteiger partial charge on any atom is 0.434 e. The molecule has 2 heterocycles. The highest BCUT2D eigenvalue weighted by atomic mass is 19.4. The van der Waals surface area contributed by atoms with Gasteiger partial charge in [-0.15, -0.1) is 0 Å². The van der Waals surface area contributed by atoms with Crippen molar-refractivity contribution in [2.24, 2.45) is 5.41 Å². The maximum atomic E-state index is 12.8. The number of rotatable bonds is 2. The van der Waals surface area contributed by atoms with Crippen LogP contribution in [-0.2, 0) is 10.9 Å². The van der Waals surface area contributed by atoms with Gasteiger partial charge in [0.15, 0.2) is 5.69 Å². The largest absolute Gasteiger partial charge is 0.434 e. The van der Waals surface area contributed by atoms with Crippen LogP contribution in [0.2, 0.25) is 0 Å². The highest BCUT2D eigenvalue weighted by Crippen LogP contribution is 2.53. The van der Waals surface area contributed by atoms with Gasteiger partial charge in [-0.25, -0.2) is 4.98 Å². The molecular weight excluding hydrogens is 281 g/mol. The van der Waals surface area contributed by atoms with Crippen molar-refractivity contribution < 1.29 is 17.9 Å². The van der Waals surface area contributed by atoms with Crippen LogP contribution < -0.4 is 0 Å². The molecule has 1 saturated carbocycles. The first-order chi connectivity index (χ1) is 9.81. The van der Waals surface area contributed by atoms with Crippen molar-refractivity contribution in [1.29, 1.82) is 0 Å². The van der Waals surface area contributed by atoms with Crippen LogP contribution in [0.3, 0.4) is 0 Å². The normalized spacial score (nSPS) is 20.8. The first-order valence-corrected chi connectivity index (χ1v) is 7.54. The molecule has 120 valence electrons. The van der Waals surface area contributed by atoms with Crippen molar-refractivity contribution in [3.8, 4) is 0 Å². The Morgan fingerprint density at radius 2 is 1.86 bits per heavy atom. The van der Waals surface area contributed by atoms with Crippen molar-refractivity contribution in [3.05, 3.63) is 17.7 Å². The minimum Gasteiger partial charge on any atom is -0.380 e. The van der Waals surface area contributed by atoms with Crippen molar-refractivity contribution >= 4 is 0 Å². The average molecular weight is 304 g/mol. The van der Waals surface area contributed by atoms with E-state index in [0.717, 1.165) is 26.1 Å². The van der Waals surface area contributed by atoms with Crippen LogP contribution in [0.15, 0.2) is 6.20 Å². The van der Waals surface area contributed by atoms with Crippen molar-refractivity contribution in [2.75, 3.05) is 13.2 Å². The highest BCUT2D eigenvalue weighted by Gasteiger charge is 2.51.